The van der Waals surface area contributed by atoms with Crippen molar-refractivity contribution >= 4 is 12.0 Å². The highest BCUT2D eigenvalue weighted by Crippen LogP contribution is 2.48. The van der Waals surface area contributed by atoms with Crippen LogP contribution >= 0.6 is 0 Å². The van der Waals surface area contributed by atoms with Gasteiger partial charge in [-0.05, 0) is 53.5 Å². The van der Waals surface area contributed by atoms with E-state index in [-0.39, 0.29) is 11.2 Å². The van der Waals surface area contributed by atoms with E-state index in [4.69, 9.17) is 9.84 Å². The smallest absolute Gasteiger partial charge is 0.430 e. The maximum atomic E-state index is 13.2. The van der Waals surface area contributed by atoms with Gasteiger partial charge in [0.25, 0.3) is 0 Å². The molecular formula is C18H19F3O3. The van der Waals surface area contributed by atoms with Gasteiger partial charge in [0.1, 0.15) is 5.75 Å². The van der Waals surface area contributed by atoms with Crippen molar-refractivity contribution in [2.24, 2.45) is 0 Å². The molecule has 0 aromatic heterocycles. The second kappa shape index (κ2) is 5.26. The lowest BCUT2D eigenvalue weighted by Gasteiger charge is -2.30. The first-order chi connectivity index (χ1) is 11.0. The second-order valence-corrected chi connectivity index (χ2v) is 7.45. The third-order valence-electron chi connectivity index (χ3n) is 4.39. The largest absolute Gasteiger partial charge is 0.478 e. The average molecular weight is 340 g/mol. The predicted molar refractivity (Wildman–Crippen MR) is 83.2 cm³/mol. The van der Waals surface area contributed by atoms with Gasteiger partial charge in [-0.3, -0.25) is 0 Å². The van der Waals surface area contributed by atoms with E-state index in [1.807, 2.05) is 20.8 Å². The first-order valence-corrected chi connectivity index (χ1v) is 7.85. The lowest BCUT2D eigenvalue weighted by molar-refractivity contribution is -0.187. The van der Waals surface area contributed by atoms with E-state index < -0.39 is 23.8 Å². The van der Waals surface area contributed by atoms with Crippen LogP contribution in [0.3, 0.4) is 0 Å². The summed E-state index contributed by atoms with van der Waals surface area (Å²) in [5.74, 6) is -1.13. The minimum atomic E-state index is -4.78. The average Bonchev–Trinajstić information content (AvgIpc) is 3.26. The van der Waals surface area contributed by atoms with Gasteiger partial charge >= 0.3 is 12.1 Å². The number of rotatable bonds is 2. The molecule has 1 fully saturated rings. The Morgan fingerprint density at radius 3 is 2.29 bits per heavy atom. The quantitative estimate of drug-likeness (QED) is 0.852. The Morgan fingerprint density at radius 2 is 1.83 bits per heavy atom. The Hall–Kier alpha value is -1.98. The summed E-state index contributed by atoms with van der Waals surface area (Å²) in [5.41, 5.74) is 1.43. The molecule has 3 rings (SSSR count). The summed E-state index contributed by atoms with van der Waals surface area (Å²) in [4.78, 5) is 11.2. The molecule has 1 aliphatic carbocycles. The second-order valence-electron chi connectivity index (χ2n) is 7.45. The Morgan fingerprint density at radius 1 is 1.21 bits per heavy atom. The summed E-state index contributed by atoms with van der Waals surface area (Å²) in [6, 6.07) is 3.44. The van der Waals surface area contributed by atoms with Crippen LogP contribution < -0.4 is 4.74 Å². The highest BCUT2D eigenvalue weighted by Gasteiger charge is 2.48. The van der Waals surface area contributed by atoms with Crippen LogP contribution in [-0.2, 0) is 10.2 Å². The van der Waals surface area contributed by atoms with Crippen LogP contribution in [-0.4, -0.2) is 23.4 Å². The number of carbonyl (C=O) groups is 1. The van der Waals surface area contributed by atoms with Crippen LogP contribution in [0.25, 0.3) is 6.08 Å². The Kier molecular flexibility index (Phi) is 3.70. The van der Waals surface area contributed by atoms with Gasteiger partial charge in [0.15, 0.2) is 0 Å². The number of benzene rings is 1. The van der Waals surface area contributed by atoms with E-state index in [0.717, 1.165) is 30.0 Å². The molecule has 6 heteroatoms. The number of carboxylic acids is 1. The number of alkyl halides is 3. The Labute approximate surface area is 138 Å². The Bertz CT molecular complexity index is 722. The molecule has 0 radical (unpaired) electrons. The number of hydrogen-bond donors (Lipinski definition) is 1. The van der Waals surface area contributed by atoms with E-state index >= 15 is 0 Å². The molecule has 1 aromatic rings. The van der Waals surface area contributed by atoms with Crippen LogP contribution in [0.5, 0.6) is 5.75 Å². The zero-order valence-corrected chi connectivity index (χ0v) is 13.7. The first-order valence-electron chi connectivity index (χ1n) is 7.85. The number of hydrogen-bond acceptors (Lipinski definition) is 2. The lowest BCUT2D eigenvalue weighted by Crippen LogP contribution is -2.40. The fraction of sp³-hybridized carbons (Fsp3) is 0.500. The van der Waals surface area contributed by atoms with E-state index in [2.05, 4.69) is 0 Å². The highest BCUT2D eigenvalue weighted by molar-refractivity contribution is 5.95. The summed E-state index contributed by atoms with van der Waals surface area (Å²) in [6.07, 6.45) is -4.04. The van der Waals surface area contributed by atoms with E-state index in [0.29, 0.717) is 11.5 Å². The van der Waals surface area contributed by atoms with Gasteiger partial charge in [-0.15, -0.1) is 0 Å². The molecule has 0 saturated heterocycles. The van der Waals surface area contributed by atoms with Crippen molar-refractivity contribution in [2.45, 2.75) is 57.2 Å². The van der Waals surface area contributed by atoms with Gasteiger partial charge in [0.2, 0.25) is 6.10 Å². The molecule has 1 atom stereocenters. The minimum absolute atomic E-state index is 0.0941. The van der Waals surface area contributed by atoms with Crippen molar-refractivity contribution in [3.63, 3.8) is 0 Å². The molecular weight excluding hydrogens is 321 g/mol. The number of carboxylic acid groups (broad SMARTS) is 1. The normalized spacial score (nSPS) is 20.9. The van der Waals surface area contributed by atoms with Crippen molar-refractivity contribution in [3.8, 4) is 5.75 Å². The van der Waals surface area contributed by atoms with Gasteiger partial charge in [-0.25, -0.2) is 4.79 Å². The molecule has 0 unspecified atom stereocenters. The topological polar surface area (TPSA) is 46.5 Å². The van der Waals surface area contributed by atoms with Crippen molar-refractivity contribution in [2.75, 3.05) is 0 Å². The third-order valence-corrected chi connectivity index (χ3v) is 4.39. The molecule has 1 aromatic carbocycles. The van der Waals surface area contributed by atoms with Crippen molar-refractivity contribution in [3.05, 3.63) is 34.4 Å². The van der Waals surface area contributed by atoms with Crippen molar-refractivity contribution in [1.29, 1.82) is 0 Å². The molecule has 24 heavy (non-hydrogen) atoms. The monoisotopic (exact) mass is 340 g/mol. The van der Waals surface area contributed by atoms with Crippen LogP contribution in [0.2, 0.25) is 0 Å². The molecule has 1 N–H and O–H groups in total. The van der Waals surface area contributed by atoms with Crippen LogP contribution in [0.4, 0.5) is 13.2 Å². The molecule has 1 saturated carbocycles. The van der Waals surface area contributed by atoms with E-state index in [1.54, 1.807) is 12.1 Å². The number of fused-ring (bicyclic) bond motifs is 1. The SMILES string of the molecule is CC(C)(C)c1cc2c(cc1C1CC1)C=C(C(=O)O)[C@@H](C(F)(F)F)O2. The standard InChI is InChI=1S/C18H19F3O3/c1-17(2,3)13-8-14-10(6-11(13)9-4-5-9)7-12(16(22)23)15(24-14)18(19,20)21/h6-9,15H,4-5H2,1-3H3,(H,22,23)/t15-/m0/s1. The maximum Gasteiger partial charge on any atom is 0.430 e. The Balaban J connectivity index is 2.16. The molecule has 3 nitrogen and oxygen atoms in total. The van der Waals surface area contributed by atoms with Gasteiger partial charge in [-0.2, -0.15) is 13.2 Å². The van der Waals surface area contributed by atoms with Crippen molar-refractivity contribution < 1.29 is 27.8 Å². The molecule has 0 spiro atoms. The first kappa shape index (κ1) is 16.9. The minimum Gasteiger partial charge on any atom is -0.478 e. The van der Waals surface area contributed by atoms with Crippen LogP contribution in [0.15, 0.2) is 17.7 Å². The van der Waals surface area contributed by atoms with Gasteiger partial charge in [0, 0.05) is 5.56 Å². The highest BCUT2D eigenvalue weighted by atomic mass is 19.4. The zero-order valence-electron chi connectivity index (χ0n) is 13.7. The summed E-state index contributed by atoms with van der Waals surface area (Å²) >= 11 is 0. The molecule has 1 heterocycles. The van der Waals surface area contributed by atoms with Crippen LogP contribution in [0, 0.1) is 0 Å². The molecule has 2 aliphatic rings. The summed E-state index contributed by atoms with van der Waals surface area (Å²) in [7, 11) is 0. The summed E-state index contributed by atoms with van der Waals surface area (Å²) in [5, 5.41) is 9.12. The number of halogens is 3. The third kappa shape index (κ3) is 3.01. The maximum absolute atomic E-state index is 13.2. The lowest BCUT2D eigenvalue weighted by atomic mass is 9.81. The van der Waals surface area contributed by atoms with Crippen molar-refractivity contribution in [1.82, 2.24) is 0 Å². The fourth-order valence-corrected chi connectivity index (χ4v) is 3.06. The predicted octanol–water partition coefficient (Wildman–Crippen LogP) is 4.65. The molecule has 0 amide bonds. The molecule has 1 aliphatic heterocycles. The van der Waals surface area contributed by atoms with E-state index in [9.17, 15) is 18.0 Å². The fourth-order valence-electron chi connectivity index (χ4n) is 3.06. The van der Waals surface area contributed by atoms with Gasteiger partial charge < -0.3 is 9.84 Å². The number of aliphatic carboxylic acids is 1. The molecule has 130 valence electrons. The summed E-state index contributed by atoms with van der Waals surface area (Å²) < 4.78 is 44.6. The van der Waals surface area contributed by atoms with Crippen LogP contribution in [0.1, 0.15) is 56.2 Å². The van der Waals surface area contributed by atoms with E-state index in [1.165, 1.54) is 0 Å². The van der Waals surface area contributed by atoms with Gasteiger partial charge in [-0.1, -0.05) is 20.8 Å². The number of ether oxygens (including phenoxy) is 1. The molecule has 0 bridgehead atoms. The summed E-state index contributed by atoms with van der Waals surface area (Å²) in [6.45, 7) is 6.01. The zero-order chi connectivity index (χ0) is 17.9. The van der Waals surface area contributed by atoms with Gasteiger partial charge in [0.05, 0.1) is 5.57 Å².